The molecule has 0 heterocycles. The first-order chi connectivity index (χ1) is 7.29. The Morgan fingerprint density at radius 3 is 2.12 bits per heavy atom. The van der Waals surface area contributed by atoms with Gasteiger partial charge >= 0.3 is 12.1 Å². The van der Waals surface area contributed by atoms with E-state index in [1.165, 1.54) is 0 Å². The fourth-order valence-electron chi connectivity index (χ4n) is 1.27. The van der Waals surface area contributed by atoms with E-state index in [1.54, 1.807) is 0 Å². The third-order valence-electron chi connectivity index (χ3n) is 2.01. The first-order valence-corrected chi connectivity index (χ1v) is 4.34. The van der Waals surface area contributed by atoms with E-state index >= 15 is 0 Å². The van der Waals surface area contributed by atoms with E-state index in [9.17, 15) is 22.4 Å². The molecule has 0 amide bonds. The van der Waals surface area contributed by atoms with E-state index in [2.05, 4.69) is 0 Å². The van der Waals surface area contributed by atoms with Crippen LogP contribution in [-0.2, 0) is 4.79 Å². The second-order valence-electron chi connectivity index (χ2n) is 3.26. The van der Waals surface area contributed by atoms with Gasteiger partial charge in [-0.25, -0.2) is 4.39 Å². The van der Waals surface area contributed by atoms with Crippen molar-refractivity contribution >= 4 is 5.97 Å². The molecule has 1 N–H and O–H groups in total. The largest absolute Gasteiger partial charge is 0.481 e. The van der Waals surface area contributed by atoms with Crippen LogP contribution < -0.4 is 0 Å². The summed E-state index contributed by atoms with van der Waals surface area (Å²) in [6, 6.07) is 3.95. The molecule has 2 nitrogen and oxygen atoms in total. The molecular formula is C10H8F4O2. The number of rotatable bonds is 3. The molecule has 0 aliphatic carbocycles. The van der Waals surface area contributed by atoms with Crippen molar-refractivity contribution in [2.45, 2.75) is 18.5 Å². The Kier molecular flexibility index (Phi) is 3.51. The average Bonchev–Trinajstić information content (AvgIpc) is 2.14. The molecule has 0 saturated heterocycles. The second-order valence-corrected chi connectivity index (χ2v) is 3.26. The third-order valence-corrected chi connectivity index (χ3v) is 2.01. The molecule has 1 aromatic rings. The predicted octanol–water partition coefficient (Wildman–Crippen LogP) is 2.95. The van der Waals surface area contributed by atoms with Gasteiger partial charge in [-0.3, -0.25) is 4.79 Å². The summed E-state index contributed by atoms with van der Waals surface area (Å²) in [5.41, 5.74) is -0.0637. The minimum atomic E-state index is -4.57. The molecule has 1 unspecified atom stereocenters. The number of carbonyl (C=O) groups is 1. The van der Waals surface area contributed by atoms with Crippen LogP contribution in [-0.4, -0.2) is 17.3 Å². The number of hydrogen-bond acceptors (Lipinski definition) is 1. The van der Waals surface area contributed by atoms with E-state index in [4.69, 9.17) is 5.11 Å². The number of alkyl halides is 3. The third kappa shape index (κ3) is 3.52. The lowest BCUT2D eigenvalue weighted by atomic mass is 9.96. The zero-order valence-electron chi connectivity index (χ0n) is 7.96. The lowest BCUT2D eigenvalue weighted by Crippen LogP contribution is -2.20. The van der Waals surface area contributed by atoms with Gasteiger partial charge in [0.1, 0.15) is 5.82 Å². The fraction of sp³-hybridized carbons (Fsp3) is 0.300. The van der Waals surface area contributed by atoms with Crippen LogP contribution in [0.2, 0.25) is 0 Å². The van der Waals surface area contributed by atoms with E-state index < -0.39 is 30.3 Å². The molecule has 0 bridgehead atoms. The number of benzene rings is 1. The smallest absolute Gasteiger partial charge is 0.390 e. The van der Waals surface area contributed by atoms with Gasteiger partial charge in [0.15, 0.2) is 0 Å². The molecule has 0 aliphatic heterocycles. The average molecular weight is 236 g/mol. The zero-order chi connectivity index (χ0) is 12.3. The maximum Gasteiger partial charge on any atom is 0.390 e. The van der Waals surface area contributed by atoms with Crippen molar-refractivity contribution in [1.29, 1.82) is 0 Å². The first-order valence-electron chi connectivity index (χ1n) is 4.34. The second kappa shape index (κ2) is 4.51. The summed E-state index contributed by atoms with van der Waals surface area (Å²) in [5.74, 6) is -3.90. The lowest BCUT2D eigenvalue weighted by Gasteiger charge is -2.14. The predicted molar refractivity (Wildman–Crippen MR) is 47.4 cm³/mol. The van der Waals surface area contributed by atoms with Crippen LogP contribution >= 0.6 is 0 Å². The molecule has 1 aromatic carbocycles. The lowest BCUT2D eigenvalue weighted by molar-refractivity contribution is -0.157. The Labute approximate surface area is 88.5 Å². The van der Waals surface area contributed by atoms with E-state index in [1.807, 2.05) is 0 Å². The number of carboxylic acids is 1. The van der Waals surface area contributed by atoms with Gasteiger partial charge in [0, 0.05) is 0 Å². The SMILES string of the molecule is O=C(O)C(CC(F)(F)F)c1ccc(F)cc1. The Morgan fingerprint density at radius 1 is 1.25 bits per heavy atom. The van der Waals surface area contributed by atoms with Crippen molar-refractivity contribution in [3.8, 4) is 0 Å². The maximum absolute atomic E-state index is 12.5. The van der Waals surface area contributed by atoms with Crippen LogP contribution in [0.15, 0.2) is 24.3 Å². The summed E-state index contributed by atoms with van der Waals surface area (Å²) in [6.45, 7) is 0. The van der Waals surface area contributed by atoms with Crippen molar-refractivity contribution in [3.05, 3.63) is 35.6 Å². The van der Waals surface area contributed by atoms with Crippen molar-refractivity contribution in [3.63, 3.8) is 0 Å². The van der Waals surface area contributed by atoms with Gasteiger partial charge < -0.3 is 5.11 Å². The molecule has 0 radical (unpaired) electrons. The van der Waals surface area contributed by atoms with Gasteiger partial charge in [-0.05, 0) is 17.7 Å². The van der Waals surface area contributed by atoms with E-state index in [0.717, 1.165) is 24.3 Å². The van der Waals surface area contributed by atoms with Gasteiger partial charge in [-0.15, -0.1) is 0 Å². The van der Waals surface area contributed by atoms with Gasteiger partial charge in [0.2, 0.25) is 0 Å². The number of aliphatic carboxylic acids is 1. The fourth-order valence-corrected chi connectivity index (χ4v) is 1.27. The van der Waals surface area contributed by atoms with Crippen molar-refractivity contribution in [2.24, 2.45) is 0 Å². The highest BCUT2D eigenvalue weighted by molar-refractivity contribution is 5.76. The molecule has 1 rings (SSSR count). The Bertz CT molecular complexity index is 369. The van der Waals surface area contributed by atoms with Crippen molar-refractivity contribution in [2.75, 3.05) is 0 Å². The number of halogens is 4. The summed E-state index contributed by atoms with van der Waals surface area (Å²) >= 11 is 0. The minimum Gasteiger partial charge on any atom is -0.481 e. The molecule has 6 heteroatoms. The Balaban J connectivity index is 2.94. The highest BCUT2D eigenvalue weighted by Crippen LogP contribution is 2.31. The quantitative estimate of drug-likeness (QED) is 0.819. The molecule has 16 heavy (non-hydrogen) atoms. The Hall–Kier alpha value is -1.59. The molecule has 0 saturated carbocycles. The topological polar surface area (TPSA) is 37.3 Å². The summed E-state index contributed by atoms with van der Waals surface area (Å²) < 4.78 is 48.8. The van der Waals surface area contributed by atoms with Crippen LogP contribution in [0, 0.1) is 5.82 Å². The zero-order valence-corrected chi connectivity index (χ0v) is 7.96. The summed E-state index contributed by atoms with van der Waals surface area (Å²) in [5, 5.41) is 8.67. The molecule has 0 aliphatic rings. The summed E-state index contributed by atoms with van der Waals surface area (Å²) in [4.78, 5) is 10.7. The summed E-state index contributed by atoms with van der Waals surface area (Å²) in [7, 11) is 0. The van der Waals surface area contributed by atoms with E-state index in [0.29, 0.717) is 0 Å². The molecule has 1 atom stereocenters. The van der Waals surface area contributed by atoms with Crippen LogP contribution in [0.3, 0.4) is 0 Å². The molecule has 0 fully saturated rings. The summed E-state index contributed by atoms with van der Waals surface area (Å²) in [6.07, 6.45) is -6.04. The normalized spacial score (nSPS) is 13.5. The van der Waals surface area contributed by atoms with Crippen LogP contribution in [0.4, 0.5) is 17.6 Å². The van der Waals surface area contributed by atoms with Gasteiger partial charge in [-0.1, -0.05) is 12.1 Å². The first kappa shape index (κ1) is 12.5. The minimum absolute atomic E-state index is 0.0637. The van der Waals surface area contributed by atoms with Gasteiger partial charge in [0.05, 0.1) is 12.3 Å². The number of carboxylic acid groups (broad SMARTS) is 1. The number of hydrogen-bond donors (Lipinski definition) is 1. The van der Waals surface area contributed by atoms with Crippen molar-refractivity contribution < 1.29 is 27.5 Å². The van der Waals surface area contributed by atoms with Crippen molar-refractivity contribution in [1.82, 2.24) is 0 Å². The molecular weight excluding hydrogens is 228 g/mol. The van der Waals surface area contributed by atoms with E-state index in [-0.39, 0.29) is 5.56 Å². The highest BCUT2D eigenvalue weighted by Gasteiger charge is 2.36. The van der Waals surface area contributed by atoms with Crippen LogP contribution in [0.1, 0.15) is 17.9 Å². The standard InChI is InChI=1S/C10H8F4O2/c11-7-3-1-6(2-4-7)8(9(15)16)5-10(12,13)14/h1-4,8H,5H2,(H,15,16). The molecule has 0 spiro atoms. The molecule has 0 aromatic heterocycles. The molecule has 88 valence electrons. The Morgan fingerprint density at radius 2 is 1.75 bits per heavy atom. The van der Waals surface area contributed by atoms with Crippen LogP contribution in [0.5, 0.6) is 0 Å². The van der Waals surface area contributed by atoms with Crippen LogP contribution in [0.25, 0.3) is 0 Å². The van der Waals surface area contributed by atoms with Gasteiger partial charge in [-0.2, -0.15) is 13.2 Å². The van der Waals surface area contributed by atoms with Gasteiger partial charge in [0.25, 0.3) is 0 Å². The monoisotopic (exact) mass is 236 g/mol. The maximum atomic E-state index is 12.5. The highest BCUT2D eigenvalue weighted by atomic mass is 19.4.